The number of hydrogen-bond acceptors (Lipinski definition) is 3. The van der Waals surface area contributed by atoms with Crippen LogP contribution in [0.4, 0.5) is 0 Å². The van der Waals surface area contributed by atoms with Gasteiger partial charge in [-0.15, -0.1) is 14.8 Å². The third kappa shape index (κ3) is 1.04. The van der Waals surface area contributed by atoms with Crippen molar-refractivity contribution in [3.8, 4) is 0 Å². The van der Waals surface area contributed by atoms with E-state index in [9.17, 15) is 4.79 Å². The SMILES string of the molecule is Cc1nn2nc(Br)cc2c(=O)[nH]1. The van der Waals surface area contributed by atoms with Crippen LogP contribution < -0.4 is 5.56 Å². The Labute approximate surface area is 75.5 Å². The molecule has 0 aliphatic carbocycles. The van der Waals surface area contributed by atoms with Crippen LogP contribution in [0, 0.1) is 6.92 Å². The van der Waals surface area contributed by atoms with Gasteiger partial charge >= 0.3 is 0 Å². The van der Waals surface area contributed by atoms with E-state index < -0.39 is 0 Å². The second-order valence-electron chi connectivity index (χ2n) is 2.38. The molecular formula is C6H5BrN4O. The maximum atomic E-state index is 11.2. The van der Waals surface area contributed by atoms with Gasteiger partial charge in [-0.1, -0.05) is 0 Å². The summed E-state index contributed by atoms with van der Waals surface area (Å²) in [5.74, 6) is 0.545. The third-order valence-electron chi connectivity index (χ3n) is 1.43. The van der Waals surface area contributed by atoms with E-state index in [1.54, 1.807) is 13.0 Å². The number of aromatic amines is 1. The number of nitrogens with zero attached hydrogens (tertiary/aromatic N) is 3. The zero-order chi connectivity index (χ0) is 8.72. The Morgan fingerprint density at radius 3 is 3.08 bits per heavy atom. The van der Waals surface area contributed by atoms with Crippen LogP contribution in [-0.4, -0.2) is 19.8 Å². The highest BCUT2D eigenvalue weighted by molar-refractivity contribution is 9.10. The van der Waals surface area contributed by atoms with Gasteiger partial charge in [-0.05, 0) is 22.9 Å². The lowest BCUT2D eigenvalue weighted by Gasteiger charge is -1.91. The quantitative estimate of drug-likeness (QED) is 0.714. The number of nitrogens with one attached hydrogen (secondary N) is 1. The maximum Gasteiger partial charge on any atom is 0.277 e. The van der Waals surface area contributed by atoms with Crippen LogP contribution in [0.15, 0.2) is 15.5 Å². The maximum absolute atomic E-state index is 11.2. The van der Waals surface area contributed by atoms with Gasteiger partial charge in [0.25, 0.3) is 5.56 Å². The molecule has 0 aliphatic rings. The summed E-state index contributed by atoms with van der Waals surface area (Å²) in [7, 11) is 0. The molecule has 0 atom stereocenters. The molecule has 0 amide bonds. The molecule has 62 valence electrons. The van der Waals surface area contributed by atoms with E-state index in [4.69, 9.17) is 0 Å². The van der Waals surface area contributed by atoms with Gasteiger partial charge in [-0.3, -0.25) is 4.79 Å². The molecule has 6 heteroatoms. The van der Waals surface area contributed by atoms with Crippen molar-refractivity contribution in [2.75, 3.05) is 0 Å². The molecule has 2 aromatic heterocycles. The van der Waals surface area contributed by atoms with Gasteiger partial charge in [0.1, 0.15) is 10.4 Å². The van der Waals surface area contributed by atoms with E-state index >= 15 is 0 Å². The van der Waals surface area contributed by atoms with Crippen molar-refractivity contribution in [3.05, 3.63) is 26.8 Å². The van der Waals surface area contributed by atoms with E-state index in [1.165, 1.54) is 4.63 Å². The van der Waals surface area contributed by atoms with E-state index in [0.717, 1.165) is 0 Å². The van der Waals surface area contributed by atoms with Crippen molar-refractivity contribution in [1.82, 2.24) is 19.8 Å². The first-order valence-corrected chi connectivity index (χ1v) is 4.08. The number of fused-ring (bicyclic) bond motifs is 1. The lowest BCUT2D eigenvalue weighted by molar-refractivity contribution is 0.742. The molecular weight excluding hydrogens is 224 g/mol. The first-order valence-electron chi connectivity index (χ1n) is 3.29. The predicted octanol–water partition coefficient (Wildman–Crippen LogP) is 0.489. The summed E-state index contributed by atoms with van der Waals surface area (Å²) in [5, 5.41) is 7.91. The van der Waals surface area contributed by atoms with Gasteiger partial charge in [0.05, 0.1) is 0 Å². The van der Waals surface area contributed by atoms with Crippen molar-refractivity contribution >= 4 is 21.4 Å². The lowest BCUT2D eigenvalue weighted by atomic mass is 10.5. The Morgan fingerprint density at radius 2 is 2.33 bits per heavy atom. The smallest absolute Gasteiger partial charge is 0.277 e. The van der Waals surface area contributed by atoms with Gasteiger partial charge in [0.2, 0.25) is 0 Å². The molecule has 2 rings (SSSR count). The van der Waals surface area contributed by atoms with E-state index in [2.05, 4.69) is 31.1 Å². The predicted molar refractivity (Wildman–Crippen MR) is 46.0 cm³/mol. The highest BCUT2D eigenvalue weighted by atomic mass is 79.9. The third-order valence-corrected chi connectivity index (χ3v) is 1.82. The summed E-state index contributed by atoms with van der Waals surface area (Å²) >= 11 is 3.16. The Hall–Kier alpha value is -1.17. The molecule has 1 N–H and O–H groups in total. The van der Waals surface area contributed by atoms with E-state index in [0.29, 0.717) is 15.9 Å². The molecule has 0 radical (unpaired) electrons. The Bertz CT molecular complexity index is 486. The topological polar surface area (TPSA) is 63.1 Å². The molecule has 0 unspecified atom stereocenters. The number of H-pyrrole nitrogens is 1. The van der Waals surface area contributed by atoms with Crippen LogP contribution in [0.3, 0.4) is 0 Å². The van der Waals surface area contributed by atoms with Gasteiger partial charge in [-0.2, -0.15) is 0 Å². The van der Waals surface area contributed by atoms with Crippen molar-refractivity contribution in [2.45, 2.75) is 6.92 Å². The molecule has 2 aromatic rings. The molecule has 0 saturated carbocycles. The van der Waals surface area contributed by atoms with Crippen molar-refractivity contribution in [1.29, 1.82) is 0 Å². The summed E-state index contributed by atoms with van der Waals surface area (Å²) in [4.78, 5) is 13.8. The standard InChI is InChI=1S/C6H5BrN4O/c1-3-8-6(12)4-2-5(7)10-11(4)9-3/h2H,1H3,(H,8,9,12). The van der Waals surface area contributed by atoms with Crippen molar-refractivity contribution < 1.29 is 0 Å². The number of rotatable bonds is 0. The molecule has 2 heterocycles. The molecule has 0 saturated heterocycles. The van der Waals surface area contributed by atoms with Crippen LogP contribution in [-0.2, 0) is 0 Å². The highest BCUT2D eigenvalue weighted by Crippen LogP contribution is 2.06. The minimum Gasteiger partial charge on any atom is -0.307 e. The summed E-state index contributed by atoms with van der Waals surface area (Å²) in [6, 6.07) is 1.62. The second kappa shape index (κ2) is 2.41. The Kier molecular flexibility index (Phi) is 1.50. The number of halogens is 1. The minimum atomic E-state index is -0.180. The Morgan fingerprint density at radius 1 is 1.58 bits per heavy atom. The summed E-state index contributed by atoms with van der Waals surface area (Å²) in [6.45, 7) is 1.70. The van der Waals surface area contributed by atoms with Crippen molar-refractivity contribution in [3.63, 3.8) is 0 Å². The van der Waals surface area contributed by atoms with E-state index in [-0.39, 0.29) is 5.56 Å². The number of hydrogen-bond donors (Lipinski definition) is 1. The molecule has 12 heavy (non-hydrogen) atoms. The lowest BCUT2D eigenvalue weighted by Crippen LogP contribution is -2.14. The largest absolute Gasteiger partial charge is 0.307 e. The Balaban J connectivity index is 2.98. The zero-order valence-electron chi connectivity index (χ0n) is 6.21. The summed E-state index contributed by atoms with van der Waals surface area (Å²) < 4.78 is 1.91. The molecule has 0 bridgehead atoms. The average molecular weight is 229 g/mol. The number of aryl methyl sites for hydroxylation is 1. The van der Waals surface area contributed by atoms with Crippen molar-refractivity contribution in [2.24, 2.45) is 0 Å². The van der Waals surface area contributed by atoms with Gasteiger partial charge in [-0.25, -0.2) is 0 Å². The first kappa shape index (κ1) is 7.48. The van der Waals surface area contributed by atoms with Gasteiger partial charge in [0, 0.05) is 6.07 Å². The summed E-state index contributed by atoms with van der Waals surface area (Å²) in [6.07, 6.45) is 0. The molecule has 0 fully saturated rings. The minimum absolute atomic E-state index is 0.180. The van der Waals surface area contributed by atoms with Crippen LogP contribution in [0.25, 0.3) is 5.52 Å². The van der Waals surface area contributed by atoms with Crippen LogP contribution in [0.2, 0.25) is 0 Å². The summed E-state index contributed by atoms with van der Waals surface area (Å²) in [5.41, 5.74) is 0.258. The average Bonchev–Trinajstić information content (AvgIpc) is 2.29. The first-order chi connectivity index (χ1) is 5.66. The molecule has 5 nitrogen and oxygen atoms in total. The molecule has 0 aliphatic heterocycles. The number of aromatic nitrogens is 4. The normalized spacial score (nSPS) is 10.8. The molecule has 0 aromatic carbocycles. The van der Waals surface area contributed by atoms with Gasteiger partial charge < -0.3 is 4.98 Å². The second-order valence-corrected chi connectivity index (χ2v) is 3.19. The monoisotopic (exact) mass is 228 g/mol. The fourth-order valence-corrected chi connectivity index (χ4v) is 1.34. The van der Waals surface area contributed by atoms with Crippen LogP contribution >= 0.6 is 15.9 Å². The fraction of sp³-hybridized carbons (Fsp3) is 0.167. The van der Waals surface area contributed by atoms with Crippen LogP contribution in [0.1, 0.15) is 5.82 Å². The zero-order valence-corrected chi connectivity index (χ0v) is 7.79. The highest BCUT2D eigenvalue weighted by Gasteiger charge is 2.03. The van der Waals surface area contributed by atoms with Gasteiger partial charge in [0.15, 0.2) is 5.52 Å². The fourth-order valence-electron chi connectivity index (χ4n) is 0.972. The van der Waals surface area contributed by atoms with Crippen LogP contribution in [0.5, 0.6) is 0 Å². The van der Waals surface area contributed by atoms with E-state index in [1.807, 2.05) is 0 Å². The molecule has 0 spiro atoms.